The van der Waals surface area contributed by atoms with Gasteiger partial charge in [-0.05, 0) is 49.2 Å². The average molecular weight is 484 g/mol. The zero-order valence-corrected chi connectivity index (χ0v) is 19.0. The molecule has 30 heavy (non-hydrogen) atoms. The Bertz CT molecular complexity index is 1130. The number of nitrogens with zero attached hydrogens (tertiary/aromatic N) is 3. The molecule has 2 aromatic carbocycles. The van der Waals surface area contributed by atoms with Crippen LogP contribution in [0.3, 0.4) is 0 Å². The molecule has 1 saturated carbocycles. The van der Waals surface area contributed by atoms with E-state index in [0.29, 0.717) is 38.6 Å². The summed E-state index contributed by atoms with van der Waals surface area (Å²) in [6.07, 6.45) is 2.10. The van der Waals surface area contributed by atoms with Crippen molar-refractivity contribution in [3.05, 3.63) is 64.4 Å². The van der Waals surface area contributed by atoms with Crippen LogP contribution >= 0.6 is 35.0 Å². The summed E-state index contributed by atoms with van der Waals surface area (Å²) < 4.78 is 32.9. The quantitative estimate of drug-likeness (QED) is 0.395. The maximum absolute atomic E-state index is 12.5. The number of halogens is 2. The Morgan fingerprint density at radius 3 is 2.50 bits per heavy atom. The van der Waals surface area contributed by atoms with Crippen molar-refractivity contribution in [2.75, 3.05) is 11.5 Å². The van der Waals surface area contributed by atoms with E-state index in [1.165, 1.54) is 23.9 Å². The minimum absolute atomic E-state index is 0.00226. The predicted molar refractivity (Wildman–Crippen MR) is 118 cm³/mol. The van der Waals surface area contributed by atoms with Crippen molar-refractivity contribution < 1.29 is 13.2 Å². The maximum Gasteiger partial charge on any atom is 0.191 e. The molecule has 158 valence electrons. The number of para-hydroxylation sites is 1. The second kappa shape index (κ2) is 9.18. The Labute approximate surface area is 189 Å². The molecular weight excluding hydrogens is 465 g/mol. The molecule has 0 atom stereocenters. The Kier molecular flexibility index (Phi) is 6.57. The topological polar surface area (TPSA) is 74.1 Å². The Morgan fingerprint density at radius 2 is 1.80 bits per heavy atom. The fraction of sp³-hybridized carbons (Fsp3) is 0.300. The Balaban J connectivity index is 1.41. The van der Waals surface area contributed by atoms with Gasteiger partial charge in [-0.25, -0.2) is 8.42 Å². The standard InChI is InChI=1S/C20H19Cl2N3O3S2/c21-14-5-9-16(10-6-14)30(26,27)12-11-29-20-24-23-19(25(20)15-7-8-15)13-28-18-4-2-1-3-17(18)22/h1-6,9-10,15H,7-8,11-13H2. The molecule has 1 fully saturated rings. The molecule has 0 unspecified atom stereocenters. The Hall–Kier alpha value is -1.74. The van der Waals surface area contributed by atoms with Gasteiger partial charge in [0.15, 0.2) is 20.8 Å². The molecule has 0 saturated heterocycles. The number of hydrogen-bond donors (Lipinski definition) is 0. The molecule has 1 heterocycles. The van der Waals surface area contributed by atoms with Gasteiger partial charge in [0.05, 0.1) is 15.7 Å². The lowest BCUT2D eigenvalue weighted by atomic mass is 10.3. The number of aromatic nitrogens is 3. The van der Waals surface area contributed by atoms with Gasteiger partial charge >= 0.3 is 0 Å². The monoisotopic (exact) mass is 483 g/mol. The average Bonchev–Trinajstić information content (AvgIpc) is 3.48. The normalized spacial score (nSPS) is 14.1. The van der Waals surface area contributed by atoms with Gasteiger partial charge in [-0.3, -0.25) is 0 Å². The van der Waals surface area contributed by atoms with Crippen molar-refractivity contribution in [2.45, 2.75) is 35.5 Å². The molecule has 0 radical (unpaired) electrons. The molecule has 0 spiro atoms. The van der Waals surface area contributed by atoms with Crippen LogP contribution in [0, 0.1) is 0 Å². The van der Waals surface area contributed by atoms with E-state index in [4.69, 9.17) is 27.9 Å². The van der Waals surface area contributed by atoms with E-state index in [2.05, 4.69) is 14.8 Å². The van der Waals surface area contributed by atoms with Gasteiger partial charge in [-0.2, -0.15) is 0 Å². The van der Waals surface area contributed by atoms with Crippen molar-refractivity contribution in [3.63, 3.8) is 0 Å². The van der Waals surface area contributed by atoms with Gasteiger partial charge in [0.25, 0.3) is 0 Å². The first-order valence-electron chi connectivity index (χ1n) is 9.36. The van der Waals surface area contributed by atoms with Crippen LogP contribution in [-0.4, -0.2) is 34.7 Å². The summed E-state index contributed by atoms with van der Waals surface area (Å²) in [5, 5.41) is 10.3. The number of benzene rings is 2. The van der Waals surface area contributed by atoms with Crippen LogP contribution in [-0.2, 0) is 16.4 Å². The third kappa shape index (κ3) is 5.11. The van der Waals surface area contributed by atoms with Gasteiger partial charge in [-0.15, -0.1) is 10.2 Å². The third-order valence-electron chi connectivity index (χ3n) is 4.60. The highest BCUT2D eigenvalue weighted by atomic mass is 35.5. The van der Waals surface area contributed by atoms with Crippen LogP contribution in [0.15, 0.2) is 58.6 Å². The molecule has 1 aliphatic rings. The van der Waals surface area contributed by atoms with E-state index in [1.54, 1.807) is 24.3 Å². The second-order valence-electron chi connectivity index (χ2n) is 6.84. The molecule has 0 N–H and O–H groups in total. The lowest BCUT2D eigenvalue weighted by molar-refractivity contribution is 0.288. The number of ether oxygens (including phenoxy) is 1. The van der Waals surface area contributed by atoms with Crippen molar-refractivity contribution in [3.8, 4) is 5.75 Å². The van der Waals surface area contributed by atoms with Gasteiger partial charge in [0, 0.05) is 16.8 Å². The predicted octanol–water partition coefficient (Wildman–Crippen LogP) is 5.06. The van der Waals surface area contributed by atoms with E-state index in [1.807, 2.05) is 12.1 Å². The van der Waals surface area contributed by atoms with E-state index in [9.17, 15) is 8.42 Å². The lowest BCUT2D eigenvalue weighted by Gasteiger charge is -2.11. The van der Waals surface area contributed by atoms with Crippen molar-refractivity contribution >= 4 is 44.8 Å². The molecule has 0 amide bonds. The van der Waals surface area contributed by atoms with Gasteiger partial charge in [0.1, 0.15) is 12.4 Å². The van der Waals surface area contributed by atoms with Crippen LogP contribution in [0.2, 0.25) is 10.0 Å². The highest BCUT2D eigenvalue weighted by Gasteiger charge is 2.30. The van der Waals surface area contributed by atoms with Crippen LogP contribution in [0.1, 0.15) is 24.7 Å². The molecule has 3 aromatic rings. The van der Waals surface area contributed by atoms with Gasteiger partial charge in [-0.1, -0.05) is 47.1 Å². The number of sulfone groups is 1. The maximum atomic E-state index is 12.5. The van der Waals surface area contributed by atoms with Gasteiger partial charge < -0.3 is 9.30 Å². The number of rotatable bonds is 9. The molecule has 10 heteroatoms. The summed E-state index contributed by atoms with van der Waals surface area (Å²) in [4.78, 5) is 0.269. The third-order valence-corrected chi connectivity index (χ3v) is 8.10. The van der Waals surface area contributed by atoms with Crippen molar-refractivity contribution in [1.82, 2.24) is 14.8 Å². The van der Waals surface area contributed by atoms with Crippen LogP contribution in [0.4, 0.5) is 0 Å². The minimum Gasteiger partial charge on any atom is -0.484 e. The van der Waals surface area contributed by atoms with Crippen LogP contribution in [0.5, 0.6) is 5.75 Å². The first-order chi connectivity index (χ1) is 14.4. The van der Waals surface area contributed by atoms with Crippen molar-refractivity contribution in [2.24, 2.45) is 0 Å². The molecule has 1 aliphatic carbocycles. The fourth-order valence-corrected chi connectivity index (χ4v) is 5.90. The second-order valence-corrected chi connectivity index (χ2v) is 10.9. The number of hydrogen-bond acceptors (Lipinski definition) is 6. The molecule has 4 rings (SSSR count). The minimum atomic E-state index is -3.39. The summed E-state index contributed by atoms with van der Waals surface area (Å²) in [6.45, 7) is 0.247. The Morgan fingerprint density at radius 1 is 1.07 bits per heavy atom. The van der Waals surface area contributed by atoms with Crippen LogP contribution < -0.4 is 4.74 Å². The van der Waals surface area contributed by atoms with E-state index >= 15 is 0 Å². The molecule has 6 nitrogen and oxygen atoms in total. The highest BCUT2D eigenvalue weighted by molar-refractivity contribution is 8.00. The highest BCUT2D eigenvalue weighted by Crippen LogP contribution is 2.39. The fourth-order valence-electron chi connectivity index (χ4n) is 2.91. The van der Waals surface area contributed by atoms with Crippen molar-refractivity contribution in [1.29, 1.82) is 0 Å². The number of thioether (sulfide) groups is 1. The lowest BCUT2D eigenvalue weighted by Crippen LogP contribution is -2.10. The van der Waals surface area contributed by atoms with Gasteiger partial charge in [0.2, 0.25) is 0 Å². The summed E-state index contributed by atoms with van der Waals surface area (Å²) in [7, 11) is -3.39. The zero-order chi connectivity index (χ0) is 21.1. The van der Waals surface area contributed by atoms with Crippen LogP contribution in [0.25, 0.3) is 0 Å². The van der Waals surface area contributed by atoms with E-state index in [-0.39, 0.29) is 17.3 Å². The smallest absolute Gasteiger partial charge is 0.191 e. The molecule has 0 bridgehead atoms. The zero-order valence-electron chi connectivity index (χ0n) is 15.9. The summed E-state index contributed by atoms with van der Waals surface area (Å²) in [6, 6.07) is 13.8. The molecular formula is C20H19Cl2N3O3S2. The largest absolute Gasteiger partial charge is 0.484 e. The SMILES string of the molecule is O=S(=O)(CCSc1nnc(COc2ccccc2Cl)n1C1CC1)c1ccc(Cl)cc1. The molecule has 0 aliphatic heterocycles. The van der Waals surface area contributed by atoms with E-state index in [0.717, 1.165) is 12.8 Å². The summed E-state index contributed by atoms with van der Waals surface area (Å²) >= 11 is 13.4. The summed E-state index contributed by atoms with van der Waals surface area (Å²) in [5.41, 5.74) is 0. The van der Waals surface area contributed by atoms with E-state index < -0.39 is 9.84 Å². The molecule has 1 aromatic heterocycles. The summed E-state index contributed by atoms with van der Waals surface area (Å²) in [5.74, 6) is 1.68. The first-order valence-corrected chi connectivity index (χ1v) is 12.8. The first kappa shape index (κ1) is 21.5.